The molecule has 2 aromatic rings. The number of nitrogens with zero attached hydrogens (tertiary/aromatic N) is 1. The zero-order valence-corrected chi connectivity index (χ0v) is 13.7. The van der Waals surface area contributed by atoms with Gasteiger partial charge in [0.25, 0.3) is 0 Å². The first-order chi connectivity index (χ1) is 10.0. The molecule has 1 aliphatic carbocycles. The Hall–Kier alpha value is -1.47. The number of nitrogens with two attached hydrogens (primary N) is 1. The summed E-state index contributed by atoms with van der Waals surface area (Å²) in [4.78, 5) is 4.66. The number of hydrogen-bond acceptors (Lipinski definition) is 4. The van der Waals surface area contributed by atoms with Crippen molar-refractivity contribution in [2.45, 2.75) is 23.3 Å². The molecule has 0 bridgehead atoms. The van der Waals surface area contributed by atoms with Gasteiger partial charge in [-0.3, -0.25) is 4.98 Å². The lowest BCUT2D eigenvalue weighted by Crippen LogP contribution is -2.18. The van der Waals surface area contributed by atoms with Crippen LogP contribution in [0, 0.1) is 0 Å². The molecule has 22 heavy (non-hydrogen) atoms. The first-order valence-electron chi connectivity index (χ1n) is 6.77. The van der Waals surface area contributed by atoms with Crippen LogP contribution in [0.15, 0.2) is 47.5 Å². The van der Waals surface area contributed by atoms with Crippen LogP contribution in [0.2, 0.25) is 0 Å². The van der Waals surface area contributed by atoms with Crippen LogP contribution in [0.4, 0.5) is 0 Å². The fraction of sp³-hybridized carbons (Fsp3) is 0.267. The van der Waals surface area contributed by atoms with Crippen molar-refractivity contribution in [3.8, 4) is 11.3 Å². The van der Waals surface area contributed by atoms with Gasteiger partial charge in [-0.05, 0) is 37.2 Å². The maximum Gasteiger partial charge on any atom is 0.240 e. The summed E-state index contributed by atoms with van der Waals surface area (Å²) in [7, 11) is -2.05. The molecule has 0 unspecified atom stereocenters. The molecule has 1 heterocycles. The molecule has 1 aromatic heterocycles. The molecule has 2 atom stereocenters. The predicted octanol–water partition coefficient (Wildman–Crippen LogP) is 1.89. The highest BCUT2D eigenvalue weighted by Crippen LogP contribution is 2.38. The Morgan fingerprint density at radius 2 is 2.00 bits per heavy atom. The summed E-state index contributed by atoms with van der Waals surface area (Å²) >= 11 is 0. The normalized spacial score (nSPS) is 20.3. The molecule has 3 N–H and O–H groups in total. The van der Waals surface area contributed by atoms with Gasteiger partial charge >= 0.3 is 0 Å². The van der Waals surface area contributed by atoms with Crippen molar-refractivity contribution < 1.29 is 8.42 Å². The highest BCUT2D eigenvalue weighted by Gasteiger charge is 2.34. The molecule has 0 amide bonds. The number of benzene rings is 1. The van der Waals surface area contributed by atoms with E-state index in [2.05, 4.69) is 9.71 Å². The molecule has 7 heteroatoms. The topological polar surface area (TPSA) is 85.1 Å². The summed E-state index contributed by atoms with van der Waals surface area (Å²) in [5, 5.41) is 0. The monoisotopic (exact) mass is 339 g/mol. The first-order valence-corrected chi connectivity index (χ1v) is 8.25. The Morgan fingerprint density at radius 1 is 1.27 bits per heavy atom. The highest BCUT2D eigenvalue weighted by molar-refractivity contribution is 7.89. The van der Waals surface area contributed by atoms with Crippen molar-refractivity contribution >= 4 is 22.4 Å². The Labute approximate surface area is 136 Å². The summed E-state index contributed by atoms with van der Waals surface area (Å²) in [5.74, 6) is 0.419. The predicted molar refractivity (Wildman–Crippen MR) is 88.5 cm³/mol. The molecule has 0 spiro atoms. The van der Waals surface area contributed by atoms with Crippen molar-refractivity contribution in [2.24, 2.45) is 5.73 Å². The quantitative estimate of drug-likeness (QED) is 0.890. The van der Waals surface area contributed by atoms with Gasteiger partial charge in [-0.1, -0.05) is 18.2 Å². The van der Waals surface area contributed by atoms with Crippen LogP contribution in [0.5, 0.6) is 0 Å². The maximum atomic E-state index is 11.8. The van der Waals surface area contributed by atoms with Gasteiger partial charge in [0.05, 0.1) is 10.6 Å². The Bertz CT molecular complexity index is 763. The van der Waals surface area contributed by atoms with E-state index in [9.17, 15) is 8.42 Å². The number of aromatic nitrogens is 1. The molecule has 3 rings (SSSR count). The van der Waals surface area contributed by atoms with Crippen LogP contribution in [0.25, 0.3) is 11.3 Å². The van der Waals surface area contributed by atoms with E-state index in [0.29, 0.717) is 5.92 Å². The Balaban J connectivity index is 0.00000176. The first kappa shape index (κ1) is 16.9. The van der Waals surface area contributed by atoms with Crippen LogP contribution in [-0.4, -0.2) is 26.5 Å². The summed E-state index contributed by atoms with van der Waals surface area (Å²) in [6, 6.07) is 10.9. The van der Waals surface area contributed by atoms with Crippen LogP contribution in [0.1, 0.15) is 17.9 Å². The number of hydrogen-bond donors (Lipinski definition) is 2. The number of nitrogens with one attached hydrogen (secondary N) is 1. The number of sulfonamides is 1. The third kappa shape index (κ3) is 3.30. The number of halogens is 1. The fourth-order valence-electron chi connectivity index (χ4n) is 2.33. The van der Waals surface area contributed by atoms with Gasteiger partial charge in [-0.25, -0.2) is 13.1 Å². The minimum atomic E-state index is -3.44. The second kappa shape index (κ2) is 6.34. The lowest BCUT2D eigenvalue weighted by atomic mass is 10.1. The van der Waals surface area contributed by atoms with Gasteiger partial charge in [-0.2, -0.15) is 0 Å². The van der Waals surface area contributed by atoms with Crippen LogP contribution in [0.3, 0.4) is 0 Å². The molecule has 1 aliphatic rings. The zero-order valence-electron chi connectivity index (χ0n) is 12.1. The van der Waals surface area contributed by atoms with Crippen molar-refractivity contribution in [1.82, 2.24) is 9.71 Å². The van der Waals surface area contributed by atoms with Gasteiger partial charge in [0.2, 0.25) is 10.0 Å². The molecule has 1 fully saturated rings. The van der Waals surface area contributed by atoms with Gasteiger partial charge < -0.3 is 5.73 Å². The molecular formula is C15H18ClN3O2S. The van der Waals surface area contributed by atoms with E-state index in [1.54, 1.807) is 18.2 Å². The minimum Gasteiger partial charge on any atom is -0.327 e. The van der Waals surface area contributed by atoms with E-state index >= 15 is 0 Å². The van der Waals surface area contributed by atoms with E-state index < -0.39 is 10.0 Å². The fourth-order valence-corrected chi connectivity index (χ4v) is 3.11. The highest BCUT2D eigenvalue weighted by atomic mass is 35.5. The van der Waals surface area contributed by atoms with Gasteiger partial charge in [0, 0.05) is 23.7 Å². The van der Waals surface area contributed by atoms with Gasteiger partial charge in [0.15, 0.2) is 0 Å². The van der Waals surface area contributed by atoms with Gasteiger partial charge in [-0.15, -0.1) is 12.4 Å². The smallest absolute Gasteiger partial charge is 0.240 e. The lowest BCUT2D eigenvalue weighted by Gasteiger charge is -2.06. The van der Waals surface area contributed by atoms with Crippen LogP contribution < -0.4 is 10.5 Å². The van der Waals surface area contributed by atoms with E-state index in [-0.39, 0.29) is 23.3 Å². The molecule has 0 radical (unpaired) electrons. The third-order valence-corrected chi connectivity index (χ3v) is 5.18. The second-order valence-corrected chi connectivity index (χ2v) is 7.10. The zero-order chi connectivity index (χ0) is 15.0. The van der Waals surface area contributed by atoms with Crippen molar-refractivity contribution in [2.75, 3.05) is 7.05 Å². The molecule has 1 saturated carbocycles. The molecular weight excluding hydrogens is 322 g/mol. The maximum absolute atomic E-state index is 11.8. The summed E-state index contributed by atoms with van der Waals surface area (Å²) in [6.07, 6.45) is 2.84. The summed E-state index contributed by atoms with van der Waals surface area (Å²) < 4.78 is 26.0. The van der Waals surface area contributed by atoms with Gasteiger partial charge in [0.1, 0.15) is 0 Å². The molecule has 1 aromatic carbocycles. The van der Waals surface area contributed by atoms with Crippen molar-refractivity contribution in [3.63, 3.8) is 0 Å². The third-order valence-electron chi connectivity index (χ3n) is 3.76. The van der Waals surface area contributed by atoms with E-state index in [1.807, 2.05) is 24.4 Å². The van der Waals surface area contributed by atoms with E-state index in [0.717, 1.165) is 23.2 Å². The molecule has 5 nitrogen and oxygen atoms in total. The van der Waals surface area contributed by atoms with Crippen molar-refractivity contribution in [3.05, 3.63) is 48.2 Å². The molecule has 0 aliphatic heterocycles. The molecule has 118 valence electrons. The van der Waals surface area contributed by atoms with E-state index in [1.165, 1.54) is 7.05 Å². The average Bonchev–Trinajstić information content (AvgIpc) is 3.24. The summed E-state index contributed by atoms with van der Waals surface area (Å²) in [6.45, 7) is 0. The second-order valence-electron chi connectivity index (χ2n) is 5.22. The lowest BCUT2D eigenvalue weighted by molar-refractivity contribution is 0.588. The standard InChI is InChI=1S/C15H17N3O2S.ClH/c1-17-21(19,20)12-4-2-3-10(7-12)15-6-5-11(9-18-15)13-8-14(13)16;/h2-7,9,13-14,17H,8,16H2,1H3;1H/t13-,14+;/m1./s1. The Morgan fingerprint density at radius 3 is 2.55 bits per heavy atom. The summed E-state index contributed by atoms with van der Waals surface area (Å²) in [5.41, 5.74) is 8.50. The largest absolute Gasteiger partial charge is 0.327 e. The number of rotatable bonds is 4. The molecule has 0 saturated heterocycles. The van der Waals surface area contributed by atoms with Crippen LogP contribution in [-0.2, 0) is 10.0 Å². The number of pyridine rings is 1. The van der Waals surface area contributed by atoms with Crippen molar-refractivity contribution in [1.29, 1.82) is 0 Å². The average molecular weight is 340 g/mol. The van der Waals surface area contributed by atoms with Crippen LogP contribution >= 0.6 is 12.4 Å². The van der Waals surface area contributed by atoms with E-state index in [4.69, 9.17) is 5.73 Å². The SMILES string of the molecule is CNS(=O)(=O)c1cccc(-c2ccc([C@H]3C[C@@H]3N)cn2)c1.Cl. The minimum absolute atomic E-state index is 0. The Kier molecular flexibility index (Phi) is 4.87.